The Balaban J connectivity index is 1.86. The molecule has 0 spiro atoms. The first-order valence-corrected chi connectivity index (χ1v) is 7.47. The maximum Gasteiger partial charge on any atom is 0.231 e. The minimum absolute atomic E-state index is 0.324. The maximum atomic E-state index is 12.6. The Morgan fingerprint density at radius 3 is 2.55 bits per heavy atom. The number of para-hydroxylation sites is 1. The van der Waals surface area contributed by atoms with Crippen molar-refractivity contribution in [1.82, 2.24) is 0 Å². The van der Waals surface area contributed by atoms with Gasteiger partial charge in [-0.1, -0.05) is 37.3 Å². The summed E-state index contributed by atoms with van der Waals surface area (Å²) in [5, 5.41) is 14.2. The molecule has 0 radical (unpaired) electrons. The number of hydrogen-bond donors (Lipinski definition) is 1. The van der Waals surface area contributed by atoms with Crippen molar-refractivity contribution in [2.75, 3.05) is 5.32 Å². The number of carbonyl (C=O) groups excluding carboxylic acids is 2. The first-order chi connectivity index (χ1) is 10.5. The number of nitrogens with one attached hydrogen (secondary N) is 1. The number of anilines is 1. The minimum atomic E-state index is -1.24. The van der Waals surface area contributed by atoms with Crippen LogP contribution in [0.4, 0.5) is 5.69 Å². The predicted molar refractivity (Wildman–Crippen MR) is 79.0 cm³/mol. The van der Waals surface area contributed by atoms with Crippen molar-refractivity contribution in [3.05, 3.63) is 41.5 Å². The molecule has 5 nitrogen and oxygen atoms in total. The molecule has 1 fully saturated rings. The lowest BCUT2D eigenvalue weighted by Crippen LogP contribution is -2.45. The van der Waals surface area contributed by atoms with Gasteiger partial charge in [0, 0.05) is 17.6 Å². The lowest BCUT2D eigenvalue weighted by molar-refractivity contribution is -0.313. The Kier molecular flexibility index (Phi) is 3.74. The average Bonchev–Trinajstić information content (AvgIpc) is 3.09. The molecule has 22 heavy (non-hydrogen) atoms. The normalized spacial score (nSPS) is 28.8. The topological polar surface area (TPSA) is 78.5 Å². The van der Waals surface area contributed by atoms with Crippen LogP contribution in [0.5, 0.6) is 0 Å². The van der Waals surface area contributed by atoms with Gasteiger partial charge in [0.2, 0.25) is 5.91 Å². The number of aryl methyl sites for hydroxylation is 2. The number of hydrogen-bond acceptors (Lipinski definition) is 4. The Bertz CT molecular complexity index is 652. The van der Waals surface area contributed by atoms with Crippen molar-refractivity contribution in [3.8, 4) is 0 Å². The summed E-state index contributed by atoms with van der Waals surface area (Å²) < 4.78 is 5.51. The van der Waals surface area contributed by atoms with Crippen molar-refractivity contribution < 1.29 is 19.4 Å². The fourth-order valence-corrected chi connectivity index (χ4v) is 3.31. The van der Waals surface area contributed by atoms with Crippen LogP contribution in [0.3, 0.4) is 0 Å². The zero-order valence-electron chi connectivity index (χ0n) is 12.5. The summed E-state index contributed by atoms with van der Waals surface area (Å²) in [4.78, 5) is 24.0. The summed E-state index contributed by atoms with van der Waals surface area (Å²) in [6, 6.07) is 5.81. The highest BCUT2D eigenvalue weighted by Crippen LogP contribution is 2.39. The summed E-state index contributed by atoms with van der Waals surface area (Å²) >= 11 is 0. The van der Waals surface area contributed by atoms with Crippen LogP contribution in [-0.2, 0) is 20.7 Å². The van der Waals surface area contributed by atoms with E-state index in [9.17, 15) is 14.7 Å². The molecule has 0 aromatic heterocycles. The molecule has 1 aromatic carbocycles. The van der Waals surface area contributed by atoms with E-state index in [0.717, 1.165) is 23.2 Å². The molecular weight excluding hydrogens is 282 g/mol. The lowest BCUT2D eigenvalue weighted by Gasteiger charge is -2.25. The Morgan fingerprint density at radius 2 is 1.91 bits per heavy atom. The third-order valence-corrected chi connectivity index (χ3v) is 4.46. The highest BCUT2D eigenvalue weighted by Gasteiger charge is 2.50. The van der Waals surface area contributed by atoms with Crippen LogP contribution in [0.1, 0.15) is 18.1 Å². The fourth-order valence-electron chi connectivity index (χ4n) is 3.31. The molecule has 2 aliphatic rings. The van der Waals surface area contributed by atoms with Crippen LogP contribution in [0.25, 0.3) is 0 Å². The largest absolute Gasteiger partial charge is 0.550 e. The average molecular weight is 300 g/mol. The molecule has 4 atom stereocenters. The molecular formula is C17H18NO4-. The van der Waals surface area contributed by atoms with Crippen molar-refractivity contribution in [3.63, 3.8) is 0 Å². The van der Waals surface area contributed by atoms with E-state index < -0.39 is 30.0 Å². The second-order valence-corrected chi connectivity index (χ2v) is 5.77. The maximum absolute atomic E-state index is 12.6. The van der Waals surface area contributed by atoms with E-state index >= 15 is 0 Å². The monoisotopic (exact) mass is 300 g/mol. The first-order valence-electron chi connectivity index (χ1n) is 7.47. The zero-order valence-corrected chi connectivity index (χ0v) is 12.5. The first kappa shape index (κ1) is 14.8. The van der Waals surface area contributed by atoms with Gasteiger partial charge in [-0.15, -0.1) is 0 Å². The smallest absolute Gasteiger partial charge is 0.231 e. The molecule has 1 saturated heterocycles. The summed E-state index contributed by atoms with van der Waals surface area (Å²) in [5.41, 5.74) is 2.74. The lowest BCUT2D eigenvalue weighted by atomic mass is 9.82. The number of aliphatic carboxylic acids is 1. The van der Waals surface area contributed by atoms with Gasteiger partial charge in [-0.05, 0) is 24.5 Å². The highest BCUT2D eigenvalue weighted by molar-refractivity contribution is 5.97. The van der Waals surface area contributed by atoms with Crippen LogP contribution in [0.15, 0.2) is 30.4 Å². The van der Waals surface area contributed by atoms with Crippen LogP contribution < -0.4 is 10.4 Å². The molecule has 1 amide bonds. The molecule has 0 unspecified atom stereocenters. The summed E-state index contributed by atoms with van der Waals surface area (Å²) in [7, 11) is 0. The summed E-state index contributed by atoms with van der Waals surface area (Å²) in [5.74, 6) is -3.24. The quantitative estimate of drug-likeness (QED) is 0.835. The van der Waals surface area contributed by atoms with Gasteiger partial charge in [-0.2, -0.15) is 0 Å². The van der Waals surface area contributed by atoms with E-state index in [1.165, 1.54) is 0 Å². The molecule has 2 aliphatic heterocycles. The van der Waals surface area contributed by atoms with E-state index in [2.05, 4.69) is 5.32 Å². The van der Waals surface area contributed by atoms with Crippen molar-refractivity contribution in [2.45, 2.75) is 32.5 Å². The molecule has 1 aromatic rings. The van der Waals surface area contributed by atoms with Crippen LogP contribution in [0.2, 0.25) is 0 Å². The van der Waals surface area contributed by atoms with Crippen molar-refractivity contribution in [1.29, 1.82) is 0 Å². The van der Waals surface area contributed by atoms with E-state index in [-0.39, 0.29) is 5.91 Å². The SMILES string of the molecule is CCc1cccc(C)c1NC(=O)[C@@H]1[C@@H](C(=O)[O-])[C@@H]2C=C[C@H]1O2. The molecule has 0 saturated carbocycles. The second-order valence-electron chi connectivity index (χ2n) is 5.77. The van der Waals surface area contributed by atoms with Crippen LogP contribution in [-0.4, -0.2) is 24.1 Å². The number of carbonyl (C=O) groups is 2. The fraction of sp³-hybridized carbons (Fsp3) is 0.412. The van der Waals surface area contributed by atoms with Gasteiger partial charge in [-0.25, -0.2) is 0 Å². The Labute approximate surface area is 129 Å². The molecule has 5 heteroatoms. The second kappa shape index (κ2) is 5.57. The molecule has 2 bridgehead atoms. The Morgan fingerprint density at radius 1 is 1.23 bits per heavy atom. The van der Waals surface area contributed by atoms with E-state index in [0.29, 0.717) is 0 Å². The van der Waals surface area contributed by atoms with E-state index in [4.69, 9.17) is 4.74 Å². The van der Waals surface area contributed by atoms with Gasteiger partial charge in [-0.3, -0.25) is 4.79 Å². The molecule has 116 valence electrons. The number of rotatable bonds is 4. The van der Waals surface area contributed by atoms with E-state index in [1.54, 1.807) is 12.2 Å². The predicted octanol–water partition coefficient (Wildman–Crippen LogP) is 0.815. The van der Waals surface area contributed by atoms with Gasteiger partial charge in [0.15, 0.2) is 0 Å². The summed E-state index contributed by atoms with van der Waals surface area (Å²) in [6.45, 7) is 3.93. The Hall–Kier alpha value is -2.14. The van der Waals surface area contributed by atoms with Gasteiger partial charge in [0.25, 0.3) is 0 Å². The van der Waals surface area contributed by atoms with Gasteiger partial charge in [0.05, 0.1) is 18.1 Å². The van der Waals surface area contributed by atoms with Gasteiger partial charge >= 0.3 is 0 Å². The van der Waals surface area contributed by atoms with Gasteiger partial charge < -0.3 is 20.0 Å². The van der Waals surface area contributed by atoms with Crippen LogP contribution >= 0.6 is 0 Å². The highest BCUT2D eigenvalue weighted by atomic mass is 16.5. The number of carboxylic acid groups (broad SMARTS) is 1. The van der Waals surface area contributed by atoms with Crippen molar-refractivity contribution in [2.24, 2.45) is 11.8 Å². The third kappa shape index (κ3) is 2.31. The third-order valence-electron chi connectivity index (χ3n) is 4.46. The zero-order chi connectivity index (χ0) is 15.9. The van der Waals surface area contributed by atoms with Gasteiger partial charge in [0.1, 0.15) is 0 Å². The number of carboxylic acids is 1. The minimum Gasteiger partial charge on any atom is -0.550 e. The molecule has 3 rings (SSSR count). The van der Waals surface area contributed by atoms with Crippen molar-refractivity contribution >= 4 is 17.6 Å². The number of fused-ring (bicyclic) bond motifs is 2. The van der Waals surface area contributed by atoms with E-state index in [1.807, 2.05) is 32.0 Å². The molecule has 1 N–H and O–H groups in total. The van der Waals surface area contributed by atoms with Crippen LogP contribution in [0, 0.1) is 18.8 Å². The molecule has 0 aliphatic carbocycles. The summed E-state index contributed by atoms with van der Waals surface area (Å²) in [6.07, 6.45) is 3.19. The standard InChI is InChI=1S/C17H19NO4/c1-3-10-6-4-5-9(2)15(10)18-16(19)13-11-7-8-12(22-11)14(13)17(20)21/h4-8,11-14H,3H2,1-2H3,(H,18,19)(H,20,21)/p-1/t11-,12+,13+,14+/m1/s1. The number of ether oxygens (including phenoxy) is 1. The number of amides is 1. The number of benzene rings is 1. The molecule has 2 heterocycles.